The minimum atomic E-state index is -0.875. The number of aliphatic carboxylic acids is 1. The topological polar surface area (TPSA) is 83.7 Å². The Bertz CT molecular complexity index is 520. The summed E-state index contributed by atoms with van der Waals surface area (Å²) in [4.78, 5) is 22.4. The molecule has 0 radical (unpaired) electrons. The molecule has 1 rings (SSSR count). The predicted molar refractivity (Wildman–Crippen MR) is 75.5 cm³/mol. The van der Waals surface area contributed by atoms with Crippen LogP contribution in [0.1, 0.15) is 32.3 Å². The van der Waals surface area contributed by atoms with Crippen LogP contribution in [0.4, 0.5) is 10.1 Å². The Morgan fingerprint density at radius 1 is 1.48 bits per heavy atom. The molecule has 0 aliphatic heterocycles. The van der Waals surface area contributed by atoms with Crippen molar-refractivity contribution in [2.45, 2.75) is 39.3 Å². The van der Waals surface area contributed by atoms with Crippen LogP contribution in [0.25, 0.3) is 0 Å². The van der Waals surface area contributed by atoms with Crippen molar-refractivity contribution in [1.82, 2.24) is 4.90 Å². The Labute approximate surface area is 122 Å². The maximum atomic E-state index is 14.0. The van der Waals surface area contributed by atoms with E-state index >= 15 is 0 Å². The lowest BCUT2D eigenvalue weighted by Crippen LogP contribution is -2.32. The van der Waals surface area contributed by atoms with Crippen LogP contribution in [0.3, 0.4) is 0 Å². The highest BCUT2D eigenvalue weighted by molar-refractivity contribution is 5.66. The highest BCUT2D eigenvalue weighted by Gasteiger charge is 2.20. The third-order valence-electron chi connectivity index (χ3n) is 3.19. The average molecular weight is 298 g/mol. The van der Waals surface area contributed by atoms with E-state index in [1.807, 2.05) is 18.7 Å². The van der Waals surface area contributed by atoms with Gasteiger partial charge in [0, 0.05) is 30.6 Å². The molecule has 6 nitrogen and oxygen atoms in total. The second-order valence-electron chi connectivity index (χ2n) is 5.07. The molecule has 0 saturated carbocycles. The number of hydrogen-bond acceptors (Lipinski definition) is 4. The largest absolute Gasteiger partial charge is 0.481 e. The molecule has 0 fully saturated rings. The molecule has 0 spiro atoms. The van der Waals surface area contributed by atoms with Gasteiger partial charge in [-0.2, -0.15) is 4.39 Å². The van der Waals surface area contributed by atoms with Crippen LogP contribution in [0.15, 0.2) is 18.2 Å². The van der Waals surface area contributed by atoms with Crippen molar-refractivity contribution in [1.29, 1.82) is 0 Å². The summed E-state index contributed by atoms with van der Waals surface area (Å²) in [5.41, 5.74) is -0.296. The van der Waals surface area contributed by atoms with Gasteiger partial charge in [0.25, 0.3) is 0 Å². The van der Waals surface area contributed by atoms with E-state index in [4.69, 9.17) is 5.11 Å². The Kier molecular flexibility index (Phi) is 6.23. The van der Waals surface area contributed by atoms with Gasteiger partial charge in [-0.25, -0.2) is 0 Å². The number of halogens is 1. The van der Waals surface area contributed by atoms with Gasteiger partial charge in [0.05, 0.1) is 4.92 Å². The first-order chi connectivity index (χ1) is 9.82. The van der Waals surface area contributed by atoms with E-state index in [0.29, 0.717) is 13.0 Å². The van der Waals surface area contributed by atoms with Crippen molar-refractivity contribution < 1.29 is 19.2 Å². The molecule has 0 aliphatic rings. The van der Waals surface area contributed by atoms with Crippen LogP contribution in [0.5, 0.6) is 0 Å². The van der Waals surface area contributed by atoms with Crippen LogP contribution in [0.2, 0.25) is 0 Å². The van der Waals surface area contributed by atoms with E-state index in [2.05, 4.69) is 0 Å². The molecule has 1 aromatic carbocycles. The monoisotopic (exact) mass is 298 g/mol. The van der Waals surface area contributed by atoms with Crippen molar-refractivity contribution in [2.24, 2.45) is 0 Å². The van der Waals surface area contributed by atoms with Gasteiger partial charge >= 0.3 is 11.7 Å². The second kappa shape index (κ2) is 7.68. The molecule has 7 heteroatoms. The number of carboxylic acids is 1. The summed E-state index contributed by atoms with van der Waals surface area (Å²) < 4.78 is 14.0. The standard InChI is InChI=1S/C14H19FN2O4/c1-10(2)16(8-4-7-13(18)19)9-11-5-3-6-12(14(11)15)17(20)21/h3,5-6,10H,4,7-9H2,1-2H3,(H,18,19). The fourth-order valence-electron chi connectivity index (χ4n) is 2.00. The molecule has 0 unspecified atom stereocenters. The molecule has 0 heterocycles. The highest BCUT2D eigenvalue weighted by atomic mass is 19.1. The van der Waals surface area contributed by atoms with Crippen molar-refractivity contribution in [3.8, 4) is 0 Å². The Morgan fingerprint density at radius 2 is 2.14 bits per heavy atom. The first kappa shape index (κ1) is 17.0. The van der Waals surface area contributed by atoms with Crippen molar-refractivity contribution >= 4 is 11.7 Å². The summed E-state index contributed by atoms with van der Waals surface area (Å²) >= 11 is 0. The highest BCUT2D eigenvalue weighted by Crippen LogP contribution is 2.22. The molecule has 0 atom stereocenters. The van der Waals surface area contributed by atoms with Gasteiger partial charge in [-0.3, -0.25) is 19.8 Å². The van der Waals surface area contributed by atoms with Crippen LogP contribution in [-0.4, -0.2) is 33.5 Å². The molecular weight excluding hydrogens is 279 g/mol. The van der Waals surface area contributed by atoms with E-state index in [9.17, 15) is 19.3 Å². The van der Waals surface area contributed by atoms with Crippen LogP contribution in [0, 0.1) is 15.9 Å². The van der Waals surface area contributed by atoms with E-state index in [0.717, 1.165) is 6.07 Å². The van der Waals surface area contributed by atoms with Gasteiger partial charge in [-0.1, -0.05) is 12.1 Å². The number of hydrogen-bond donors (Lipinski definition) is 1. The number of nitro benzene ring substituents is 1. The van der Waals surface area contributed by atoms with Gasteiger partial charge in [-0.05, 0) is 26.8 Å². The zero-order chi connectivity index (χ0) is 16.0. The molecule has 116 valence electrons. The maximum Gasteiger partial charge on any atom is 0.305 e. The first-order valence-corrected chi connectivity index (χ1v) is 6.70. The second-order valence-corrected chi connectivity index (χ2v) is 5.07. The predicted octanol–water partition coefficient (Wildman–Crippen LogP) is 2.81. The lowest BCUT2D eigenvalue weighted by atomic mass is 10.1. The SMILES string of the molecule is CC(C)N(CCCC(=O)O)Cc1cccc([N+](=O)[O-])c1F. The lowest BCUT2D eigenvalue weighted by Gasteiger charge is -2.26. The summed E-state index contributed by atoms with van der Waals surface area (Å²) in [6.07, 6.45) is 0.491. The van der Waals surface area contributed by atoms with Gasteiger partial charge in [0.15, 0.2) is 0 Å². The Hall–Kier alpha value is -2.02. The molecule has 0 aliphatic carbocycles. The van der Waals surface area contributed by atoms with E-state index in [1.54, 1.807) is 0 Å². The molecular formula is C14H19FN2O4. The maximum absolute atomic E-state index is 14.0. The number of rotatable bonds is 8. The zero-order valence-electron chi connectivity index (χ0n) is 12.1. The average Bonchev–Trinajstić information content (AvgIpc) is 2.38. The van der Waals surface area contributed by atoms with Crippen molar-refractivity contribution in [3.05, 3.63) is 39.7 Å². The van der Waals surface area contributed by atoms with Crippen LogP contribution in [-0.2, 0) is 11.3 Å². The number of carbonyl (C=O) groups is 1. The smallest absolute Gasteiger partial charge is 0.305 e. The molecule has 0 bridgehead atoms. The molecule has 1 N–H and O–H groups in total. The molecule has 0 amide bonds. The Balaban J connectivity index is 2.82. The fourth-order valence-corrected chi connectivity index (χ4v) is 2.00. The fraction of sp³-hybridized carbons (Fsp3) is 0.500. The Morgan fingerprint density at radius 3 is 2.67 bits per heavy atom. The van der Waals surface area contributed by atoms with Gasteiger partial charge < -0.3 is 5.11 Å². The third-order valence-corrected chi connectivity index (χ3v) is 3.19. The van der Waals surface area contributed by atoms with Gasteiger partial charge in [-0.15, -0.1) is 0 Å². The lowest BCUT2D eigenvalue weighted by molar-refractivity contribution is -0.387. The molecule has 0 aromatic heterocycles. The van der Waals surface area contributed by atoms with Gasteiger partial charge in [0.2, 0.25) is 5.82 Å². The summed E-state index contributed by atoms with van der Waals surface area (Å²) in [6, 6.07) is 4.17. The van der Waals surface area contributed by atoms with Crippen LogP contribution < -0.4 is 0 Å². The number of benzene rings is 1. The molecule has 21 heavy (non-hydrogen) atoms. The first-order valence-electron chi connectivity index (χ1n) is 6.70. The van der Waals surface area contributed by atoms with E-state index in [1.165, 1.54) is 12.1 Å². The molecule has 1 aromatic rings. The third kappa shape index (κ3) is 5.11. The summed E-state index contributed by atoms with van der Waals surface area (Å²) in [7, 11) is 0. The normalized spacial score (nSPS) is 11.1. The van der Waals surface area contributed by atoms with Crippen molar-refractivity contribution in [2.75, 3.05) is 6.54 Å². The minimum absolute atomic E-state index is 0.0423. The zero-order valence-corrected chi connectivity index (χ0v) is 12.1. The summed E-state index contributed by atoms with van der Waals surface area (Å²) in [5, 5.41) is 19.4. The number of nitro groups is 1. The number of carboxylic acid groups (broad SMARTS) is 1. The van der Waals surface area contributed by atoms with E-state index in [-0.39, 0.29) is 24.6 Å². The van der Waals surface area contributed by atoms with Crippen LogP contribution >= 0.6 is 0 Å². The minimum Gasteiger partial charge on any atom is -0.481 e. The number of nitrogens with zero attached hydrogens (tertiary/aromatic N) is 2. The summed E-state index contributed by atoms with van der Waals surface area (Å²) in [5.74, 6) is -1.70. The molecule has 0 saturated heterocycles. The van der Waals surface area contributed by atoms with Crippen molar-refractivity contribution in [3.63, 3.8) is 0 Å². The quantitative estimate of drug-likeness (QED) is 0.589. The van der Waals surface area contributed by atoms with Gasteiger partial charge in [0.1, 0.15) is 0 Å². The summed E-state index contributed by atoms with van der Waals surface area (Å²) in [6.45, 7) is 4.53. The van der Waals surface area contributed by atoms with E-state index < -0.39 is 22.4 Å².